The van der Waals surface area contributed by atoms with Gasteiger partial charge in [0.2, 0.25) is 11.0 Å². The van der Waals surface area contributed by atoms with Crippen LogP contribution in [0.3, 0.4) is 0 Å². The number of aryl methyl sites for hydroxylation is 4. The molecular weight excluding hydrogens is 360 g/mol. The first-order valence-corrected chi connectivity index (χ1v) is 10.2. The van der Waals surface area contributed by atoms with Crippen LogP contribution in [-0.4, -0.2) is 30.7 Å². The van der Waals surface area contributed by atoms with E-state index >= 15 is 0 Å². The third kappa shape index (κ3) is 4.68. The highest BCUT2D eigenvalue weighted by atomic mass is 32.1. The van der Waals surface area contributed by atoms with Gasteiger partial charge in [-0.1, -0.05) is 31.1 Å². The quantitative estimate of drug-likeness (QED) is 0.595. The number of hydrogen-bond donors (Lipinski definition) is 1. The summed E-state index contributed by atoms with van der Waals surface area (Å²) >= 11 is 1.46. The summed E-state index contributed by atoms with van der Waals surface area (Å²) in [6.45, 7) is 8.13. The van der Waals surface area contributed by atoms with Crippen LogP contribution in [0.2, 0.25) is 0 Å². The van der Waals surface area contributed by atoms with E-state index in [1.165, 1.54) is 24.2 Å². The third-order valence-corrected chi connectivity index (χ3v) is 5.49. The van der Waals surface area contributed by atoms with Gasteiger partial charge in [0.05, 0.1) is 5.69 Å². The molecule has 0 saturated heterocycles. The van der Waals surface area contributed by atoms with Crippen LogP contribution in [0.25, 0.3) is 5.65 Å². The molecule has 0 aliphatic carbocycles. The Labute approximate surface area is 163 Å². The normalized spacial score (nSPS) is 11.3. The van der Waals surface area contributed by atoms with E-state index in [0.29, 0.717) is 18.0 Å². The average Bonchev–Trinajstić information content (AvgIpc) is 3.21. The number of amides is 1. The van der Waals surface area contributed by atoms with Crippen LogP contribution in [0.4, 0.5) is 5.13 Å². The molecule has 8 heteroatoms. The smallest absolute Gasteiger partial charge is 0.226 e. The van der Waals surface area contributed by atoms with Crippen molar-refractivity contribution < 1.29 is 4.79 Å². The standard InChI is InChI=1S/C19H26N6OS/c1-5-6-7-8-18-22-23-19(27-18)21-17(26)10-9-15-13(3)20-16-11-12(2)24-25(16)14(15)4/h11H,5-10H2,1-4H3,(H,21,23,26). The molecule has 1 N–H and O–H groups in total. The SMILES string of the molecule is CCCCCc1nnc(NC(=O)CCc2c(C)nc3cc(C)nn3c2C)s1. The molecule has 3 rings (SSSR count). The summed E-state index contributed by atoms with van der Waals surface area (Å²) in [6, 6.07) is 1.96. The van der Waals surface area contributed by atoms with Crippen molar-refractivity contribution >= 4 is 28.0 Å². The van der Waals surface area contributed by atoms with Crippen LogP contribution in [0.15, 0.2) is 6.07 Å². The zero-order valence-corrected chi connectivity index (χ0v) is 17.2. The first-order valence-electron chi connectivity index (χ1n) is 9.42. The summed E-state index contributed by atoms with van der Waals surface area (Å²) in [7, 11) is 0. The molecule has 0 fully saturated rings. The number of carbonyl (C=O) groups excluding carboxylic acids is 1. The number of fused-ring (bicyclic) bond motifs is 1. The van der Waals surface area contributed by atoms with Crippen LogP contribution in [0, 0.1) is 20.8 Å². The van der Waals surface area contributed by atoms with Crippen LogP contribution < -0.4 is 5.32 Å². The lowest BCUT2D eigenvalue weighted by atomic mass is 10.1. The van der Waals surface area contributed by atoms with Crippen molar-refractivity contribution in [2.45, 2.75) is 66.2 Å². The Kier molecular flexibility index (Phi) is 6.15. The molecule has 27 heavy (non-hydrogen) atoms. The van der Waals surface area contributed by atoms with Gasteiger partial charge in [0.25, 0.3) is 0 Å². The van der Waals surface area contributed by atoms with Crippen molar-refractivity contribution in [3.63, 3.8) is 0 Å². The molecular formula is C19H26N6OS. The van der Waals surface area contributed by atoms with Crippen molar-refractivity contribution in [2.24, 2.45) is 0 Å². The number of nitrogens with zero attached hydrogens (tertiary/aromatic N) is 5. The highest BCUT2D eigenvalue weighted by Gasteiger charge is 2.14. The van der Waals surface area contributed by atoms with Crippen LogP contribution in [-0.2, 0) is 17.6 Å². The van der Waals surface area contributed by atoms with Gasteiger partial charge in [-0.15, -0.1) is 10.2 Å². The lowest BCUT2D eigenvalue weighted by molar-refractivity contribution is -0.116. The molecule has 0 spiro atoms. The van der Waals surface area contributed by atoms with E-state index in [-0.39, 0.29) is 5.91 Å². The Morgan fingerprint density at radius 3 is 2.78 bits per heavy atom. The van der Waals surface area contributed by atoms with Crippen LogP contribution in [0.1, 0.15) is 60.3 Å². The first kappa shape index (κ1) is 19.4. The van der Waals surface area contributed by atoms with E-state index in [0.717, 1.165) is 46.1 Å². The molecule has 0 aliphatic rings. The second kappa shape index (κ2) is 8.56. The molecule has 0 unspecified atom stereocenters. The second-order valence-corrected chi connectivity index (χ2v) is 7.89. The minimum atomic E-state index is -0.0539. The molecule has 0 aliphatic heterocycles. The van der Waals surface area contributed by atoms with E-state index in [1.54, 1.807) is 0 Å². The zero-order chi connectivity index (χ0) is 19.4. The molecule has 0 bridgehead atoms. The lowest BCUT2D eigenvalue weighted by Gasteiger charge is -2.10. The number of unbranched alkanes of at least 4 members (excludes halogenated alkanes) is 2. The van der Waals surface area contributed by atoms with Gasteiger partial charge in [0.15, 0.2) is 5.65 Å². The van der Waals surface area contributed by atoms with Crippen molar-refractivity contribution in [1.82, 2.24) is 24.8 Å². The monoisotopic (exact) mass is 386 g/mol. The fourth-order valence-corrected chi connectivity index (χ4v) is 3.95. The average molecular weight is 387 g/mol. The zero-order valence-electron chi connectivity index (χ0n) is 16.4. The summed E-state index contributed by atoms with van der Waals surface area (Å²) in [5, 5.41) is 17.1. The Morgan fingerprint density at radius 2 is 2.00 bits per heavy atom. The topological polar surface area (TPSA) is 85.1 Å². The number of carbonyl (C=O) groups is 1. The number of hydrogen-bond acceptors (Lipinski definition) is 6. The number of nitrogens with one attached hydrogen (secondary N) is 1. The fourth-order valence-electron chi connectivity index (χ4n) is 3.15. The molecule has 7 nitrogen and oxygen atoms in total. The van der Waals surface area contributed by atoms with Crippen LogP contribution >= 0.6 is 11.3 Å². The highest BCUT2D eigenvalue weighted by molar-refractivity contribution is 7.15. The Balaban J connectivity index is 1.60. The summed E-state index contributed by atoms with van der Waals surface area (Å²) < 4.78 is 1.85. The number of anilines is 1. The van der Waals surface area contributed by atoms with Gasteiger partial charge >= 0.3 is 0 Å². The summed E-state index contributed by atoms with van der Waals surface area (Å²) in [5.41, 5.74) is 4.83. The minimum Gasteiger partial charge on any atom is -0.301 e. The van der Waals surface area contributed by atoms with Gasteiger partial charge in [-0.05, 0) is 39.2 Å². The largest absolute Gasteiger partial charge is 0.301 e. The van der Waals surface area contributed by atoms with Gasteiger partial charge in [-0.25, -0.2) is 9.50 Å². The van der Waals surface area contributed by atoms with Crippen molar-refractivity contribution in [3.8, 4) is 0 Å². The fraction of sp³-hybridized carbons (Fsp3) is 0.526. The van der Waals surface area contributed by atoms with E-state index in [1.807, 2.05) is 31.4 Å². The van der Waals surface area contributed by atoms with E-state index < -0.39 is 0 Å². The molecule has 0 radical (unpaired) electrons. The molecule has 3 aromatic heterocycles. The van der Waals surface area contributed by atoms with Gasteiger partial charge in [0, 0.05) is 30.3 Å². The van der Waals surface area contributed by atoms with Gasteiger partial charge in [-0.3, -0.25) is 4.79 Å². The second-order valence-electron chi connectivity index (χ2n) is 6.82. The number of aromatic nitrogens is 5. The third-order valence-electron chi connectivity index (χ3n) is 4.60. The van der Waals surface area contributed by atoms with E-state index in [2.05, 4.69) is 32.5 Å². The molecule has 0 atom stereocenters. The van der Waals surface area contributed by atoms with Gasteiger partial charge in [-0.2, -0.15) is 5.10 Å². The Hall–Kier alpha value is -2.35. The first-order chi connectivity index (χ1) is 13.0. The predicted octanol–water partition coefficient (Wildman–Crippen LogP) is 3.81. The summed E-state index contributed by atoms with van der Waals surface area (Å²) in [6.07, 6.45) is 5.40. The molecule has 0 saturated carbocycles. The maximum absolute atomic E-state index is 12.3. The molecule has 3 aromatic rings. The Bertz CT molecular complexity index is 945. The van der Waals surface area contributed by atoms with Gasteiger partial charge in [0.1, 0.15) is 5.01 Å². The Morgan fingerprint density at radius 1 is 1.19 bits per heavy atom. The van der Waals surface area contributed by atoms with Crippen molar-refractivity contribution in [1.29, 1.82) is 0 Å². The lowest BCUT2D eigenvalue weighted by Crippen LogP contribution is -2.14. The van der Waals surface area contributed by atoms with Crippen LogP contribution in [0.5, 0.6) is 0 Å². The van der Waals surface area contributed by atoms with E-state index in [9.17, 15) is 4.79 Å². The molecule has 144 valence electrons. The number of rotatable bonds is 8. The van der Waals surface area contributed by atoms with Crippen molar-refractivity contribution in [2.75, 3.05) is 5.32 Å². The molecule has 3 heterocycles. The minimum absolute atomic E-state index is 0.0539. The maximum atomic E-state index is 12.3. The summed E-state index contributed by atoms with van der Waals surface area (Å²) in [5.74, 6) is -0.0539. The maximum Gasteiger partial charge on any atom is 0.226 e. The highest BCUT2D eigenvalue weighted by Crippen LogP contribution is 2.19. The van der Waals surface area contributed by atoms with E-state index in [4.69, 9.17) is 0 Å². The van der Waals surface area contributed by atoms with Crippen molar-refractivity contribution in [3.05, 3.63) is 33.7 Å². The molecule has 1 amide bonds. The predicted molar refractivity (Wildman–Crippen MR) is 107 cm³/mol. The van der Waals surface area contributed by atoms with Gasteiger partial charge < -0.3 is 5.32 Å². The summed E-state index contributed by atoms with van der Waals surface area (Å²) in [4.78, 5) is 16.9. The molecule has 0 aromatic carbocycles.